The van der Waals surface area contributed by atoms with E-state index in [4.69, 9.17) is 16.3 Å². The molecule has 0 unspecified atom stereocenters. The van der Waals surface area contributed by atoms with Crippen LogP contribution in [0.5, 0.6) is 5.75 Å². The van der Waals surface area contributed by atoms with Gasteiger partial charge in [-0.05, 0) is 54.8 Å². The molecule has 8 nitrogen and oxygen atoms in total. The van der Waals surface area contributed by atoms with Crippen molar-refractivity contribution < 1.29 is 22.7 Å². The molecule has 2 atom stereocenters. The number of carbonyl (C=O) groups is 2. The Morgan fingerprint density at radius 2 is 1.47 bits per heavy atom. The van der Waals surface area contributed by atoms with Crippen molar-refractivity contribution in [3.05, 3.63) is 125 Å². The maximum Gasteiger partial charge on any atom is 0.264 e. The molecule has 10 heteroatoms. The van der Waals surface area contributed by atoms with Crippen LogP contribution in [0.1, 0.15) is 31.4 Å². The van der Waals surface area contributed by atoms with Crippen molar-refractivity contribution >= 4 is 39.1 Å². The van der Waals surface area contributed by atoms with Crippen molar-refractivity contribution in [1.82, 2.24) is 10.2 Å². The normalized spacial score (nSPS) is 12.5. The topological polar surface area (TPSA) is 96.0 Å². The summed E-state index contributed by atoms with van der Waals surface area (Å²) in [6.07, 6.45) is 0.901. The van der Waals surface area contributed by atoms with Gasteiger partial charge in [-0.25, -0.2) is 8.42 Å². The molecule has 0 fully saturated rings. The van der Waals surface area contributed by atoms with E-state index >= 15 is 0 Å². The van der Waals surface area contributed by atoms with Crippen LogP contribution in [-0.2, 0) is 32.6 Å². The Morgan fingerprint density at radius 1 is 0.867 bits per heavy atom. The van der Waals surface area contributed by atoms with Crippen LogP contribution in [0.15, 0.2) is 114 Å². The standard InChI is InChI=1S/C35H38ClN3O5S/c1-4-26(2)37-35(41)32(23-27-15-7-5-8-16-27)38(24-28-17-11-12-20-30(28)36)34(40)25-39(31-21-13-14-22-33(31)44-3)45(42,43)29-18-9-6-10-19-29/h5-22,26,32H,4,23-25H2,1-3H3,(H,37,41)/t26-,32+/m1/s1. The Balaban J connectivity index is 1.84. The number of benzene rings is 4. The van der Waals surface area contributed by atoms with Gasteiger partial charge in [-0.2, -0.15) is 0 Å². The minimum absolute atomic E-state index is 0.0108. The third-order valence-corrected chi connectivity index (χ3v) is 9.68. The number of ether oxygens (including phenoxy) is 1. The molecule has 0 bridgehead atoms. The number of anilines is 1. The van der Waals surface area contributed by atoms with Crippen LogP contribution in [0.3, 0.4) is 0 Å². The fourth-order valence-electron chi connectivity index (χ4n) is 4.87. The van der Waals surface area contributed by atoms with Gasteiger partial charge in [0.1, 0.15) is 18.3 Å². The highest BCUT2D eigenvalue weighted by atomic mass is 35.5. The van der Waals surface area contributed by atoms with Gasteiger partial charge in [-0.15, -0.1) is 0 Å². The molecule has 0 radical (unpaired) electrons. The Bertz CT molecular complexity index is 1690. The first-order chi connectivity index (χ1) is 21.6. The average molecular weight is 648 g/mol. The Hall–Kier alpha value is -4.34. The molecule has 1 N–H and O–H groups in total. The van der Waals surface area contributed by atoms with Crippen molar-refractivity contribution in [2.45, 2.75) is 50.2 Å². The zero-order chi connectivity index (χ0) is 32.4. The molecular formula is C35H38ClN3O5S. The Morgan fingerprint density at radius 3 is 2.11 bits per heavy atom. The quantitative estimate of drug-likeness (QED) is 0.179. The Kier molecular flexibility index (Phi) is 11.6. The van der Waals surface area contributed by atoms with Crippen LogP contribution in [-0.4, -0.2) is 50.9 Å². The van der Waals surface area contributed by atoms with Crippen LogP contribution in [0.25, 0.3) is 0 Å². The van der Waals surface area contributed by atoms with E-state index in [1.165, 1.54) is 24.1 Å². The molecule has 0 aliphatic rings. The number of nitrogens with one attached hydrogen (secondary N) is 1. The largest absolute Gasteiger partial charge is 0.495 e. The van der Waals surface area contributed by atoms with E-state index in [2.05, 4.69) is 5.32 Å². The van der Waals surface area contributed by atoms with Gasteiger partial charge in [0.2, 0.25) is 11.8 Å². The summed E-state index contributed by atoms with van der Waals surface area (Å²) in [6, 6.07) is 29.9. The number of sulfonamides is 1. The number of halogens is 1. The van der Waals surface area contributed by atoms with E-state index in [0.29, 0.717) is 17.0 Å². The second-order valence-corrected chi connectivity index (χ2v) is 12.9. The maximum absolute atomic E-state index is 14.6. The second-order valence-electron chi connectivity index (χ2n) is 10.6. The predicted octanol–water partition coefficient (Wildman–Crippen LogP) is 6.10. The summed E-state index contributed by atoms with van der Waals surface area (Å²) >= 11 is 6.56. The molecule has 45 heavy (non-hydrogen) atoms. The molecule has 0 saturated heterocycles. The molecule has 0 aromatic heterocycles. The lowest BCUT2D eigenvalue weighted by Gasteiger charge is -2.34. The molecule has 0 heterocycles. The first kappa shape index (κ1) is 33.6. The van der Waals surface area contributed by atoms with E-state index in [-0.39, 0.29) is 41.2 Å². The maximum atomic E-state index is 14.6. The van der Waals surface area contributed by atoms with Gasteiger partial charge in [0.05, 0.1) is 17.7 Å². The molecule has 4 rings (SSSR count). The van der Waals surface area contributed by atoms with E-state index in [1.807, 2.05) is 44.2 Å². The monoisotopic (exact) mass is 647 g/mol. The number of para-hydroxylation sites is 2. The zero-order valence-corrected chi connectivity index (χ0v) is 27.2. The minimum atomic E-state index is -4.24. The molecule has 4 aromatic carbocycles. The summed E-state index contributed by atoms with van der Waals surface area (Å²) in [4.78, 5) is 29.9. The fourth-order valence-corrected chi connectivity index (χ4v) is 6.52. The van der Waals surface area contributed by atoms with Gasteiger partial charge in [-0.1, -0.05) is 97.4 Å². The molecule has 0 aliphatic carbocycles. The third kappa shape index (κ3) is 8.44. The summed E-state index contributed by atoms with van der Waals surface area (Å²) in [5.41, 5.74) is 1.66. The Labute approximate surface area is 270 Å². The average Bonchev–Trinajstić information content (AvgIpc) is 3.06. The van der Waals surface area contributed by atoms with Crippen LogP contribution >= 0.6 is 11.6 Å². The highest BCUT2D eigenvalue weighted by molar-refractivity contribution is 7.92. The lowest BCUT2D eigenvalue weighted by Crippen LogP contribution is -2.54. The molecule has 236 valence electrons. The van der Waals surface area contributed by atoms with Crippen LogP contribution in [0, 0.1) is 0 Å². The van der Waals surface area contributed by atoms with Crippen molar-refractivity contribution in [2.75, 3.05) is 18.0 Å². The van der Waals surface area contributed by atoms with Crippen LogP contribution in [0.4, 0.5) is 5.69 Å². The number of nitrogens with zero attached hydrogens (tertiary/aromatic N) is 2. The number of rotatable bonds is 14. The molecule has 2 amide bonds. The van der Waals surface area contributed by atoms with Gasteiger partial charge in [-0.3, -0.25) is 13.9 Å². The predicted molar refractivity (Wildman–Crippen MR) is 178 cm³/mol. The number of carbonyl (C=O) groups excluding carboxylic acids is 2. The number of amides is 2. The molecule has 0 saturated carbocycles. The van der Waals surface area contributed by atoms with Crippen LogP contribution < -0.4 is 14.4 Å². The lowest BCUT2D eigenvalue weighted by atomic mass is 10.0. The van der Waals surface area contributed by atoms with Gasteiger partial charge in [0, 0.05) is 24.0 Å². The van der Waals surface area contributed by atoms with Crippen LogP contribution in [0.2, 0.25) is 5.02 Å². The minimum Gasteiger partial charge on any atom is -0.495 e. The van der Waals surface area contributed by atoms with Crippen molar-refractivity contribution in [3.8, 4) is 5.75 Å². The first-order valence-corrected chi connectivity index (χ1v) is 16.6. The number of hydrogen-bond donors (Lipinski definition) is 1. The summed E-state index contributed by atoms with van der Waals surface area (Å²) in [5, 5.41) is 3.45. The number of hydrogen-bond acceptors (Lipinski definition) is 5. The summed E-state index contributed by atoms with van der Waals surface area (Å²) in [7, 11) is -2.81. The highest BCUT2D eigenvalue weighted by Gasteiger charge is 2.36. The smallest absolute Gasteiger partial charge is 0.264 e. The number of methoxy groups -OCH3 is 1. The zero-order valence-electron chi connectivity index (χ0n) is 25.6. The van der Waals surface area contributed by atoms with Gasteiger partial charge < -0.3 is 15.0 Å². The third-order valence-electron chi connectivity index (χ3n) is 7.53. The van der Waals surface area contributed by atoms with E-state index < -0.39 is 28.5 Å². The molecular weight excluding hydrogens is 610 g/mol. The summed E-state index contributed by atoms with van der Waals surface area (Å²) in [5.74, 6) is -0.651. The van der Waals surface area contributed by atoms with Gasteiger partial charge in [0.25, 0.3) is 10.0 Å². The highest BCUT2D eigenvalue weighted by Crippen LogP contribution is 2.33. The van der Waals surface area contributed by atoms with Gasteiger partial charge >= 0.3 is 0 Å². The first-order valence-electron chi connectivity index (χ1n) is 14.7. The van der Waals surface area contributed by atoms with E-state index in [9.17, 15) is 18.0 Å². The van der Waals surface area contributed by atoms with Crippen molar-refractivity contribution in [2.24, 2.45) is 0 Å². The van der Waals surface area contributed by atoms with E-state index in [1.54, 1.807) is 66.7 Å². The SMILES string of the molecule is CC[C@@H](C)NC(=O)[C@H](Cc1ccccc1)N(Cc1ccccc1Cl)C(=O)CN(c1ccccc1OC)S(=O)(=O)c1ccccc1. The van der Waals surface area contributed by atoms with Crippen molar-refractivity contribution in [1.29, 1.82) is 0 Å². The van der Waals surface area contributed by atoms with Crippen molar-refractivity contribution in [3.63, 3.8) is 0 Å². The second kappa shape index (κ2) is 15.6. The molecule has 0 spiro atoms. The van der Waals surface area contributed by atoms with Gasteiger partial charge in [0.15, 0.2) is 0 Å². The molecule has 4 aromatic rings. The molecule has 0 aliphatic heterocycles. The summed E-state index contributed by atoms with van der Waals surface area (Å²) < 4.78 is 34.9. The fraction of sp³-hybridized carbons (Fsp3) is 0.257. The van der Waals surface area contributed by atoms with E-state index in [0.717, 1.165) is 9.87 Å². The summed E-state index contributed by atoms with van der Waals surface area (Å²) in [6.45, 7) is 3.25. The lowest BCUT2D eigenvalue weighted by molar-refractivity contribution is -0.140.